The van der Waals surface area contributed by atoms with Gasteiger partial charge in [-0.3, -0.25) is 4.79 Å². The van der Waals surface area contributed by atoms with Crippen LogP contribution in [0, 0.1) is 0 Å². The zero-order valence-electron chi connectivity index (χ0n) is 12.9. The van der Waals surface area contributed by atoms with Crippen molar-refractivity contribution < 1.29 is 9.15 Å². The second-order valence-corrected chi connectivity index (χ2v) is 5.68. The number of hydrogen-bond donors (Lipinski definition) is 0. The Hall–Kier alpha value is -2.46. The van der Waals surface area contributed by atoms with Crippen LogP contribution in [0.15, 0.2) is 57.7 Å². The minimum atomic E-state index is -0.106. The maximum Gasteiger partial charge on any atom is 0.200 e. The Balaban J connectivity index is 1.92. The van der Waals surface area contributed by atoms with E-state index in [0.29, 0.717) is 28.4 Å². The third-order valence-electron chi connectivity index (χ3n) is 3.65. The lowest BCUT2D eigenvalue weighted by Crippen LogP contribution is -2.18. The van der Waals surface area contributed by atoms with Crippen molar-refractivity contribution in [2.75, 3.05) is 19.1 Å². The fourth-order valence-electron chi connectivity index (χ4n) is 2.40. The summed E-state index contributed by atoms with van der Waals surface area (Å²) in [5, 5.41) is 0.915. The lowest BCUT2D eigenvalue weighted by Gasteiger charge is -2.18. The summed E-state index contributed by atoms with van der Waals surface area (Å²) < 4.78 is 11.0. The van der Waals surface area contributed by atoms with Gasteiger partial charge in [0, 0.05) is 19.7 Å². The summed E-state index contributed by atoms with van der Waals surface area (Å²) in [5.74, 6) is 1.28. The molecular formula is C18H16ClNO3. The van der Waals surface area contributed by atoms with Crippen LogP contribution in [0.2, 0.25) is 5.02 Å². The van der Waals surface area contributed by atoms with Gasteiger partial charge in [0.2, 0.25) is 0 Å². The first-order valence-corrected chi connectivity index (χ1v) is 7.53. The second-order valence-electron chi connectivity index (χ2n) is 5.27. The summed E-state index contributed by atoms with van der Waals surface area (Å²) in [7, 11) is 3.50. The van der Waals surface area contributed by atoms with Crippen molar-refractivity contribution in [2.24, 2.45) is 0 Å². The number of rotatable bonds is 4. The van der Waals surface area contributed by atoms with Crippen LogP contribution >= 0.6 is 11.6 Å². The van der Waals surface area contributed by atoms with Crippen molar-refractivity contribution in [2.45, 2.75) is 6.54 Å². The molecule has 23 heavy (non-hydrogen) atoms. The number of hydrogen-bond acceptors (Lipinski definition) is 4. The normalized spacial score (nSPS) is 10.7. The van der Waals surface area contributed by atoms with E-state index in [-0.39, 0.29) is 5.43 Å². The zero-order chi connectivity index (χ0) is 16.4. The van der Waals surface area contributed by atoms with E-state index in [9.17, 15) is 4.79 Å². The Morgan fingerprint density at radius 1 is 1.17 bits per heavy atom. The Morgan fingerprint density at radius 3 is 2.61 bits per heavy atom. The summed E-state index contributed by atoms with van der Waals surface area (Å²) in [6.45, 7) is 0.600. The topological polar surface area (TPSA) is 42.7 Å². The molecule has 0 saturated carbocycles. The van der Waals surface area contributed by atoms with Crippen molar-refractivity contribution in [1.29, 1.82) is 0 Å². The summed E-state index contributed by atoms with van der Waals surface area (Å²) in [4.78, 5) is 14.1. The molecule has 0 unspecified atom stereocenters. The molecule has 0 aliphatic carbocycles. The number of anilines is 1. The second kappa shape index (κ2) is 6.34. The van der Waals surface area contributed by atoms with Gasteiger partial charge in [-0.1, -0.05) is 29.8 Å². The van der Waals surface area contributed by atoms with E-state index in [1.54, 1.807) is 25.3 Å². The molecule has 0 aliphatic rings. The molecule has 0 radical (unpaired) electrons. The molecule has 0 bridgehead atoms. The summed E-state index contributed by atoms with van der Waals surface area (Å²) in [6.07, 6.45) is 0. The molecule has 0 atom stereocenters. The summed E-state index contributed by atoms with van der Waals surface area (Å²) in [5.41, 5.74) is 1.39. The Morgan fingerprint density at radius 2 is 1.91 bits per heavy atom. The minimum absolute atomic E-state index is 0.106. The summed E-state index contributed by atoms with van der Waals surface area (Å²) in [6, 6.07) is 14.4. The van der Waals surface area contributed by atoms with Crippen LogP contribution in [-0.4, -0.2) is 14.2 Å². The molecule has 3 rings (SSSR count). The average Bonchev–Trinajstić information content (AvgIpc) is 2.56. The standard InChI is InChI=1S/C18H16ClNO3/c1-20(11-12-6-8-13(22-2)9-7-12)17-10-16(21)14-4-3-5-15(19)18(14)23-17/h3-10H,11H2,1-2H3. The Kier molecular flexibility index (Phi) is 4.26. The van der Waals surface area contributed by atoms with Crippen LogP contribution in [0.4, 0.5) is 5.88 Å². The van der Waals surface area contributed by atoms with Gasteiger partial charge in [0.1, 0.15) is 5.75 Å². The van der Waals surface area contributed by atoms with Crippen LogP contribution in [-0.2, 0) is 6.54 Å². The van der Waals surface area contributed by atoms with E-state index in [4.69, 9.17) is 20.8 Å². The monoisotopic (exact) mass is 329 g/mol. The largest absolute Gasteiger partial charge is 0.497 e. The van der Waals surface area contributed by atoms with Crippen LogP contribution in [0.1, 0.15) is 5.56 Å². The molecule has 0 aliphatic heterocycles. The fourth-order valence-corrected chi connectivity index (χ4v) is 2.61. The number of benzene rings is 2. The van der Waals surface area contributed by atoms with Crippen molar-refractivity contribution in [1.82, 2.24) is 0 Å². The maximum atomic E-state index is 12.2. The van der Waals surface area contributed by atoms with E-state index < -0.39 is 0 Å². The SMILES string of the molecule is COc1ccc(CN(C)c2cc(=O)c3cccc(Cl)c3o2)cc1. The van der Waals surface area contributed by atoms with Gasteiger partial charge in [-0.15, -0.1) is 0 Å². The first kappa shape index (κ1) is 15.4. The zero-order valence-corrected chi connectivity index (χ0v) is 13.6. The molecule has 3 aromatic rings. The predicted octanol–water partition coefficient (Wildman–Crippen LogP) is 4.09. The highest BCUT2D eigenvalue weighted by atomic mass is 35.5. The number of ether oxygens (including phenoxy) is 1. The first-order valence-electron chi connectivity index (χ1n) is 7.15. The van der Waals surface area contributed by atoms with Gasteiger partial charge in [0.25, 0.3) is 0 Å². The predicted molar refractivity (Wildman–Crippen MR) is 92.6 cm³/mol. The van der Waals surface area contributed by atoms with Crippen LogP contribution in [0.3, 0.4) is 0 Å². The van der Waals surface area contributed by atoms with E-state index in [1.807, 2.05) is 36.2 Å². The van der Waals surface area contributed by atoms with Crippen molar-refractivity contribution in [3.8, 4) is 5.75 Å². The van der Waals surface area contributed by atoms with E-state index in [1.165, 1.54) is 6.07 Å². The highest BCUT2D eigenvalue weighted by Gasteiger charge is 2.11. The average molecular weight is 330 g/mol. The van der Waals surface area contributed by atoms with Gasteiger partial charge in [0.15, 0.2) is 16.9 Å². The number of para-hydroxylation sites is 1. The maximum absolute atomic E-state index is 12.2. The molecule has 1 heterocycles. The lowest BCUT2D eigenvalue weighted by atomic mass is 10.2. The van der Waals surface area contributed by atoms with E-state index in [2.05, 4.69) is 0 Å². The molecular weight excluding hydrogens is 314 g/mol. The number of nitrogens with zero attached hydrogens (tertiary/aromatic N) is 1. The van der Waals surface area contributed by atoms with Gasteiger partial charge in [-0.2, -0.15) is 0 Å². The molecule has 0 saturated heterocycles. The Bertz CT molecular complexity index is 887. The molecule has 2 aromatic carbocycles. The fraction of sp³-hybridized carbons (Fsp3) is 0.167. The molecule has 0 spiro atoms. The third-order valence-corrected chi connectivity index (χ3v) is 3.95. The van der Waals surface area contributed by atoms with Gasteiger partial charge in [0.05, 0.1) is 17.5 Å². The highest BCUT2D eigenvalue weighted by molar-refractivity contribution is 6.34. The lowest BCUT2D eigenvalue weighted by molar-refractivity contribution is 0.414. The molecule has 4 nitrogen and oxygen atoms in total. The third kappa shape index (κ3) is 3.17. The van der Waals surface area contributed by atoms with Gasteiger partial charge in [-0.25, -0.2) is 0 Å². The van der Waals surface area contributed by atoms with Crippen molar-refractivity contribution in [3.63, 3.8) is 0 Å². The highest BCUT2D eigenvalue weighted by Crippen LogP contribution is 2.25. The number of fused-ring (bicyclic) bond motifs is 1. The number of methoxy groups -OCH3 is 1. The molecule has 1 aromatic heterocycles. The molecule has 0 N–H and O–H groups in total. The van der Waals surface area contributed by atoms with Gasteiger partial charge in [-0.05, 0) is 29.8 Å². The molecule has 118 valence electrons. The molecule has 0 fully saturated rings. The molecule has 5 heteroatoms. The minimum Gasteiger partial charge on any atom is -0.497 e. The van der Waals surface area contributed by atoms with Crippen LogP contribution in [0.25, 0.3) is 11.0 Å². The smallest absolute Gasteiger partial charge is 0.200 e. The van der Waals surface area contributed by atoms with Gasteiger partial charge >= 0.3 is 0 Å². The quantitative estimate of drug-likeness (QED) is 0.723. The van der Waals surface area contributed by atoms with E-state index >= 15 is 0 Å². The summed E-state index contributed by atoms with van der Waals surface area (Å²) >= 11 is 6.13. The number of halogens is 1. The van der Waals surface area contributed by atoms with Gasteiger partial charge < -0.3 is 14.1 Å². The molecule has 0 amide bonds. The Labute approximate surface area is 138 Å². The first-order chi connectivity index (χ1) is 11.1. The van der Waals surface area contributed by atoms with E-state index in [0.717, 1.165) is 11.3 Å². The van der Waals surface area contributed by atoms with Crippen LogP contribution in [0.5, 0.6) is 5.75 Å². The van der Waals surface area contributed by atoms with Crippen LogP contribution < -0.4 is 15.1 Å². The van der Waals surface area contributed by atoms with Crippen molar-refractivity contribution in [3.05, 3.63) is 69.3 Å². The van der Waals surface area contributed by atoms with Crippen molar-refractivity contribution >= 4 is 28.5 Å².